The summed E-state index contributed by atoms with van der Waals surface area (Å²) in [7, 11) is 3.41. The Bertz CT molecular complexity index is 1230. The molecule has 2 aromatic carbocycles. The molecule has 11 nitrogen and oxygen atoms in total. The Morgan fingerprint density at radius 1 is 1.00 bits per heavy atom. The minimum absolute atomic E-state index is 0.0359. The van der Waals surface area contributed by atoms with E-state index in [4.69, 9.17) is 9.47 Å². The van der Waals surface area contributed by atoms with Gasteiger partial charge in [-0.25, -0.2) is 9.59 Å². The van der Waals surface area contributed by atoms with E-state index in [9.17, 15) is 29.8 Å². The monoisotopic (exact) mass is 464 g/mol. The number of ether oxygens (including phenoxy) is 2. The summed E-state index contributed by atoms with van der Waals surface area (Å²) in [5.41, 5.74) is 0.331. The van der Waals surface area contributed by atoms with Crippen LogP contribution in [-0.2, 0) is 14.3 Å². The van der Waals surface area contributed by atoms with Crippen LogP contribution in [0.3, 0.4) is 0 Å². The Hall–Kier alpha value is -4.72. The zero-order valence-electron chi connectivity index (χ0n) is 18.6. The number of fused-ring (bicyclic) bond motifs is 1. The predicted molar refractivity (Wildman–Crippen MR) is 120 cm³/mol. The summed E-state index contributed by atoms with van der Waals surface area (Å²) in [6.07, 6.45) is 0. The van der Waals surface area contributed by atoms with E-state index < -0.39 is 34.9 Å². The largest absolute Gasteiger partial charge is 0.462 e. The van der Waals surface area contributed by atoms with Crippen molar-refractivity contribution >= 4 is 34.8 Å². The van der Waals surface area contributed by atoms with Gasteiger partial charge in [0.05, 0.1) is 34.0 Å². The number of nitro benzene ring substituents is 1. The Morgan fingerprint density at radius 2 is 1.53 bits per heavy atom. The van der Waals surface area contributed by atoms with Crippen molar-refractivity contribution in [3.63, 3.8) is 0 Å². The molecule has 0 amide bonds. The lowest BCUT2D eigenvalue weighted by Gasteiger charge is -2.19. The molecule has 1 aliphatic rings. The highest BCUT2D eigenvalue weighted by molar-refractivity contribution is 6.05. The fourth-order valence-electron chi connectivity index (χ4n) is 3.51. The third-order valence-electron chi connectivity index (χ3n) is 5.06. The van der Waals surface area contributed by atoms with Crippen LogP contribution in [0.2, 0.25) is 0 Å². The molecule has 11 heteroatoms. The summed E-state index contributed by atoms with van der Waals surface area (Å²) >= 11 is 0. The highest BCUT2D eigenvalue weighted by atomic mass is 16.6. The molecule has 0 atom stereocenters. The van der Waals surface area contributed by atoms with E-state index >= 15 is 0 Å². The second kappa shape index (κ2) is 9.83. The molecule has 0 saturated heterocycles. The van der Waals surface area contributed by atoms with Crippen LogP contribution >= 0.6 is 0 Å². The van der Waals surface area contributed by atoms with E-state index in [-0.39, 0.29) is 23.3 Å². The fourth-order valence-corrected chi connectivity index (χ4v) is 3.51. The van der Waals surface area contributed by atoms with E-state index in [0.29, 0.717) is 5.82 Å². The first kappa shape index (κ1) is 23.9. The van der Waals surface area contributed by atoms with Gasteiger partial charge in [-0.05, 0) is 25.1 Å². The lowest BCUT2D eigenvalue weighted by molar-refractivity contribution is -0.384. The van der Waals surface area contributed by atoms with Gasteiger partial charge in [0.2, 0.25) is 5.78 Å². The number of nitro groups is 1. The summed E-state index contributed by atoms with van der Waals surface area (Å²) in [6.45, 7) is 0.823. The van der Waals surface area contributed by atoms with Crippen LogP contribution in [0.25, 0.3) is 0 Å². The molecule has 1 heterocycles. The number of carbonyl (C=O) groups excluding carboxylic acids is 3. The summed E-state index contributed by atoms with van der Waals surface area (Å²) in [4.78, 5) is 51.1. The molecule has 2 aromatic rings. The Balaban J connectivity index is 1.83. The number of nitriles is 1. The Morgan fingerprint density at radius 3 is 2.00 bits per heavy atom. The van der Waals surface area contributed by atoms with Gasteiger partial charge in [-0.2, -0.15) is 5.26 Å². The van der Waals surface area contributed by atoms with Crippen molar-refractivity contribution in [1.82, 2.24) is 0 Å². The van der Waals surface area contributed by atoms with Crippen LogP contribution in [0, 0.1) is 21.4 Å². The molecule has 174 valence electrons. The van der Waals surface area contributed by atoms with Gasteiger partial charge in [-0.3, -0.25) is 14.9 Å². The zero-order valence-corrected chi connectivity index (χ0v) is 18.6. The van der Waals surface area contributed by atoms with E-state index in [1.54, 1.807) is 30.8 Å². The minimum atomic E-state index is -1.07. The summed E-state index contributed by atoms with van der Waals surface area (Å²) < 4.78 is 9.85. The number of benzene rings is 2. The van der Waals surface area contributed by atoms with Crippen molar-refractivity contribution < 1.29 is 28.8 Å². The van der Waals surface area contributed by atoms with Crippen LogP contribution in [0.1, 0.15) is 27.6 Å². The topological polar surface area (TPSA) is 143 Å². The highest BCUT2D eigenvalue weighted by Crippen LogP contribution is 2.40. The predicted octanol–water partition coefficient (Wildman–Crippen LogP) is 2.82. The second-order valence-corrected chi connectivity index (χ2v) is 7.16. The molecule has 1 aliphatic heterocycles. The van der Waals surface area contributed by atoms with Crippen LogP contribution < -0.4 is 9.80 Å². The molecule has 3 rings (SSSR count). The van der Waals surface area contributed by atoms with E-state index in [2.05, 4.69) is 0 Å². The minimum Gasteiger partial charge on any atom is -0.462 e. The molecule has 0 aliphatic carbocycles. The maximum atomic E-state index is 12.8. The normalized spacial score (nSPS) is 12.0. The third-order valence-corrected chi connectivity index (χ3v) is 5.06. The lowest BCUT2D eigenvalue weighted by atomic mass is 10.1. The van der Waals surface area contributed by atoms with Gasteiger partial charge >= 0.3 is 11.9 Å². The standard InChI is InChI=1S/C23H20N4O7/c1-4-33-22(29)14-9-15(11-16(10-14)27(31)32)23(30)34-13-20(28)17(12-24)21-25(2)18-7-5-6-8-19(18)26(21)3/h5-11H,4,13H2,1-3H3. The number of anilines is 2. The summed E-state index contributed by atoms with van der Waals surface area (Å²) in [6, 6.07) is 12.2. The number of Topliss-reactive ketones (excluding diaryl/α,β-unsaturated/α-hetero) is 1. The first-order valence-electron chi connectivity index (χ1n) is 10.1. The molecule has 0 aromatic heterocycles. The zero-order chi connectivity index (χ0) is 25.0. The maximum Gasteiger partial charge on any atom is 0.338 e. The average Bonchev–Trinajstić information content (AvgIpc) is 3.08. The van der Waals surface area contributed by atoms with Gasteiger partial charge in [0.15, 0.2) is 6.61 Å². The van der Waals surface area contributed by atoms with Crippen molar-refractivity contribution in [2.75, 3.05) is 37.1 Å². The molecule has 0 fully saturated rings. The maximum absolute atomic E-state index is 12.8. The van der Waals surface area contributed by atoms with Gasteiger partial charge in [-0.1, -0.05) is 12.1 Å². The number of rotatable bonds is 7. The Labute approximate surface area is 194 Å². The smallest absolute Gasteiger partial charge is 0.338 e. The quantitative estimate of drug-likeness (QED) is 0.197. The number of hydrogen-bond acceptors (Lipinski definition) is 10. The Kier molecular flexibility index (Phi) is 6.92. The number of hydrogen-bond donors (Lipinski definition) is 0. The van der Waals surface area contributed by atoms with Crippen molar-refractivity contribution in [3.05, 3.63) is 75.1 Å². The highest BCUT2D eigenvalue weighted by Gasteiger charge is 2.31. The van der Waals surface area contributed by atoms with Crippen molar-refractivity contribution in [2.24, 2.45) is 0 Å². The second-order valence-electron chi connectivity index (χ2n) is 7.16. The third kappa shape index (κ3) is 4.56. The SMILES string of the molecule is CCOC(=O)c1cc(C(=O)OCC(=O)C(C#N)=C2N(C)c3ccccc3N2C)cc([N+](=O)[O-])c1. The number of non-ortho nitro benzene ring substituents is 1. The number of ketones is 1. The average molecular weight is 464 g/mol. The fraction of sp³-hybridized carbons (Fsp3) is 0.217. The van der Waals surface area contributed by atoms with Crippen LogP contribution in [-0.4, -0.2) is 50.0 Å². The van der Waals surface area contributed by atoms with Gasteiger partial charge in [0, 0.05) is 26.2 Å². The first-order chi connectivity index (χ1) is 16.2. The number of esters is 2. The van der Waals surface area contributed by atoms with Crippen LogP contribution in [0.4, 0.5) is 17.1 Å². The number of para-hydroxylation sites is 2. The number of carbonyl (C=O) groups is 3. The molecule has 0 saturated carbocycles. The van der Waals surface area contributed by atoms with Gasteiger partial charge in [-0.15, -0.1) is 0 Å². The van der Waals surface area contributed by atoms with Crippen molar-refractivity contribution in [3.8, 4) is 6.07 Å². The van der Waals surface area contributed by atoms with Gasteiger partial charge in [0.1, 0.15) is 17.5 Å². The van der Waals surface area contributed by atoms with Crippen LogP contribution in [0.15, 0.2) is 53.9 Å². The van der Waals surface area contributed by atoms with Crippen molar-refractivity contribution in [2.45, 2.75) is 6.92 Å². The molecule has 34 heavy (non-hydrogen) atoms. The van der Waals surface area contributed by atoms with Crippen molar-refractivity contribution in [1.29, 1.82) is 5.26 Å². The lowest BCUT2D eigenvalue weighted by Crippen LogP contribution is -2.27. The number of nitrogens with zero attached hydrogens (tertiary/aromatic N) is 4. The van der Waals surface area contributed by atoms with E-state index in [1.165, 1.54) is 0 Å². The molecule has 0 N–H and O–H groups in total. The van der Waals surface area contributed by atoms with Crippen LogP contribution in [0.5, 0.6) is 0 Å². The summed E-state index contributed by atoms with van der Waals surface area (Å²) in [5.74, 6) is -2.35. The van der Waals surface area contributed by atoms with E-state index in [0.717, 1.165) is 29.6 Å². The molecule has 0 bridgehead atoms. The van der Waals surface area contributed by atoms with E-state index in [1.807, 2.05) is 30.3 Å². The molecule has 0 radical (unpaired) electrons. The molecule has 0 unspecified atom stereocenters. The molecular weight excluding hydrogens is 444 g/mol. The summed E-state index contributed by atoms with van der Waals surface area (Å²) in [5, 5.41) is 20.9. The first-order valence-corrected chi connectivity index (χ1v) is 10.1. The van der Waals surface area contributed by atoms with Gasteiger partial charge in [0.25, 0.3) is 5.69 Å². The van der Waals surface area contributed by atoms with Gasteiger partial charge < -0.3 is 19.3 Å². The molecular formula is C23H20N4O7. The molecule has 0 spiro atoms.